The third-order valence-electron chi connectivity index (χ3n) is 0.733. The lowest BCUT2D eigenvalue weighted by atomic mass is 10.5. The molecule has 0 aliphatic heterocycles. The van der Waals surface area contributed by atoms with E-state index in [0.717, 1.165) is 4.47 Å². The molecule has 0 fully saturated rings. The summed E-state index contributed by atoms with van der Waals surface area (Å²) < 4.78 is 4.23. The minimum Gasteiger partial charge on any atom is -0.151 e. The van der Waals surface area contributed by atoms with Crippen molar-refractivity contribution in [3.05, 3.63) is 15.5 Å². The molecule has 0 aromatic carbocycles. The predicted molar refractivity (Wildman–Crippen MR) is 33.3 cm³/mol. The van der Waals surface area contributed by atoms with Gasteiger partial charge >= 0.3 is 0 Å². The minimum atomic E-state index is 1.16. The summed E-state index contributed by atoms with van der Waals surface area (Å²) in [7, 11) is 0. The van der Waals surface area contributed by atoms with Crippen LogP contribution in [-0.2, 0) is 0 Å². The van der Waals surface area contributed by atoms with Crippen LogP contribution in [0, 0.1) is 6.92 Å². The quantitative estimate of drug-likeness (QED) is 0.574. The summed E-state index contributed by atoms with van der Waals surface area (Å²) >= 11 is 4.94. The first-order valence-corrected chi connectivity index (χ1v) is 3.59. The van der Waals surface area contributed by atoms with Gasteiger partial charge in [-0.25, -0.2) is 0 Å². The molecule has 1 aromatic rings. The maximum Gasteiger partial charge on any atom is 0.205 e. The molecule has 1 rings (SSSR count). The van der Waals surface area contributed by atoms with Gasteiger partial charge in [-0.2, -0.15) is 4.37 Å². The molecule has 1 N–H and O–H groups in total. The van der Waals surface area contributed by atoms with E-state index < -0.39 is 0 Å². The normalized spacial score (nSPS) is 9.43. The smallest absolute Gasteiger partial charge is 0.151 e. The van der Waals surface area contributed by atoms with Gasteiger partial charge in [-0.1, -0.05) is 0 Å². The first-order chi connectivity index (χ1) is 3.30. The van der Waals surface area contributed by atoms with Crippen LogP contribution in [0.5, 0.6) is 0 Å². The van der Waals surface area contributed by atoms with E-state index in [1.165, 1.54) is 5.69 Å². The van der Waals surface area contributed by atoms with Gasteiger partial charge in [0.05, 0.1) is 5.38 Å². The number of hydrogen-bond donors (Lipinski definition) is 0. The molecule has 1 aromatic heterocycles. The highest BCUT2D eigenvalue weighted by Crippen LogP contribution is 2.11. The Bertz CT molecular complexity index is 144. The van der Waals surface area contributed by atoms with Crippen molar-refractivity contribution in [3.63, 3.8) is 0 Å². The van der Waals surface area contributed by atoms with Crippen LogP contribution in [0.1, 0.15) is 5.69 Å². The standard InChI is InChI=1S/C4H4BrNS/c1-3-4(5)2-7-6-3/h2H,1H3/p+1. The zero-order valence-corrected chi connectivity index (χ0v) is 6.27. The van der Waals surface area contributed by atoms with Crippen molar-refractivity contribution in [2.45, 2.75) is 6.92 Å². The predicted octanol–water partition coefficient (Wildman–Crippen LogP) is 1.63. The second-order valence-corrected chi connectivity index (χ2v) is 2.84. The fraction of sp³-hybridized carbons (Fsp3) is 0.250. The average molecular weight is 179 g/mol. The van der Waals surface area contributed by atoms with Crippen molar-refractivity contribution in [3.8, 4) is 0 Å². The molecule has 0 unspecified atom stereocenters. The molecule has 1 heterocycles. The number of H-pyrrole nitrogens is 1. The summed E-state index contributed by atoms with van der Waals surface area (Å²) in [6.45, 7) is 2.03. The fourth-order valence-electron chi connectivity index (χ4n) is 0.307. The number of rotatable bonds is 0. The highest BCUT2D eigenvalue weighted by molar-refractivity contribution is 9.10. The number of aryl methyl sites for hydroxylation is 1. The topological polar surface area (TPSA) is 14.1 Å². The molecule has 7 heavy (non-hydrogen) atoms. The molecule has 38 valence electrons. The van der Waals surface area contributed by atoms with Crippen molar-refractivity contribution < 1.29 is 4.37 Å². The molecule has 0 aliphatic rings. The molecule has 0 aliphatic carbocycles. The Hall–Kier alpha value is 0.110. The average Bonchev–Trinajstić information content (AvgIpc) is 1.91. The fourth-order valence-corrected chi connectivity index (χ4v) is 1.44. The van der Waals surface area contributed by atoms with Gasteiger partial charge in [0.15, 0.2) is 0 Å². The zero-order valence-electron chi connectivity index (χ0n) is 3.86. The highest BCUT2D eigenvalue weighted by Gasteiger charge is 1.99. The van der Waals surface area contributed by atoms with Gasteiger partial charge in [-0.3, -0.25) is 0 Å². The Morgan fingerprint density at radius 2 is 2.57 bits per heavy atom. The van der Waals surface area contributed by atoms with Crippen LogP contribution in [0.2, 0.25) is 0 Å². The molecule has 0 amide bonds. The number of hydrogen-bond acceptors (Lipinski definition) is 1. The van der Waals surface area contributed by atoms with Crippen LogP contribution in [0.4, 0.5) is 0 Å². The first kappa shape index (κ1) is 5.25. The molecule has 1 nitrogen and oxygen atoms in total. The molecule has 0 atom stereocenters. The van der Waals surface area contributed by atoms with E-state index in [2.05, 4.69) is 20.3 Å². The van der Waals surface area contributed by atoms with Gasteiger partial charge in [0.2, 0.25) is 5.69 Å². The molecular formula is C4H5BrNS+. The monoisotopic (exact) mass is 178 g/mol. The van der Waals surface area contributed by atoms with Crippen LogP contribution < -0.4 is 4.37 Å². The van der Waals surface area contributed by atoms with Gasteiger partial charge < -0.3 is 0 Å². The van der Waals surface area contributed by atoms with Crippen LogP contribution in [0.25, 0.3) is 0 Å². The van der Waals surface area contributed by atoms with Crippen LogP contribution in [0.15, 0.2) is 9.85 Å². The molecule has 0 saturated carbocycles. The summed E-state index contributed by atoms with van der Waals surface area (Å²) in [5.41, 5.74) is 1.20. The minimum absolute atomic E-state index is 1.16. The molecule has 0 radical (unpaired) electrons. The molecule has 0 saturated heterocycles. The van der Waals surface area contributed by atoms with E-state index in [0.29, 0.717) is 0 Å². The molecule has 3 heteroatoms. The number of aromatic nitrogens is 1. The Morgan fingerprint density at radius 3 is 2.71 bits per heavy atom. The van der Waals surface area contributed by atoms with Crippen LogP contribution in [0.3, 0.4) is 0 Å². The van der Waals surface area contributed by atoms with Crippen molar-refractivity contribution in [1.29, 1.82) is 0 Å². The summed E-state index contributed by atoms with van der Waals surface area (Å²) in [6.07, 6.45) is 0. The molecule has 0 spiro atoms. The Labute approximate surface area is 54.7 Å². The molecule has 0 bridgehead atoms. The van der Waals surface area contributed by atoms with E-state index >= 15 is 0 Å². The second kappa shape index (κ2) is 1.92. The van der Waals surface area contributed by atoms with Crippen molar-refractivity contribution in [1.82, 2.24) is 0 Å². The van der Waals surface area contributed by atoms with Gasteiger partial charge in [0.1, 0.15) is 16.0 Å². The van der Waals surface area contributed by atoms with Crippen LogP contribution in [-0.4, -0.2) is 0 Å². The van der Waals surface area contributed by atoms with Gasteiger partial charge in [-0.05, 0) is 15.9 Å². The molecular weight excluding hydrogens is 174 g/mol. The Morgan fingerprint density at radius 1 is 1.86 bits per heavy atom. The lowest BCUT2D eigenvalue weighted by Gasteiger charge is -1.67. The third-order valence-corrected chi connectivity index (χ3v) is 2.64. The van der Waals surface area contributed by atoms with Gasteiger partial charge in [0.25, 0.3) is 0 Å². The number of halogens is 1. The summed E-state index contributed by atoms with van der Waals surface area (Å²) in [6, 6.07) is 0. The zero-order chi connectivity index (χ0) is 5.28. The second-order valence-electron chi connectivity index (χ2n) is 1.31. The number of aromatic amines is 1. The van der Waals surface area contributed by atoms with E-state index in [1.54, 1.807) is 11.5 Å². The van der Waals surface area contributed by atoms with Crippen LogP contribution >= 0.6 is 27.5 Å². The maximum atomic E-state index is 3.34. The van der Waals surface area contributed by atoms with E-state index in [1.807, 2.05) is 12.3 Å². The third kappa shape index (κ3) is 1.01. The van der Waals surface area contributed by atoms with Gasteiger partial charge in [0, 0.05) is 6.92 Å². The van der Waals surface area contributed by atoms with Crippen molar-refractivity contribution >= 4 is 27.5 Å². The SMILES string of the molecule is Cc1[nH+]scc1Br. The number of nitrogens with one attached hydrogen (secondary N) is 1. The van der Waals surface area contributed by atoms with E-state index in [4.69, 9.17) is 0 Å². The summed E-state index contributed by atoms with van der Waals surface area (Å²) in [5, 5.41) is 2.02. The van der Waals surface area contributed by atoms with E-state index in [9.17, 15) is 0 Å². The lowest BCUT2D eigenvalue weighted by molar-refractivity contribution is -0.301. The first-order valence-electron chi connectivity index (χ1n) is 1.92. The summed E-state index contributed by atoms with van der Waals surface area (Å²) in [4.78, 5) is 0. The summed E-state index contributed by atoms with van der Waals surface area (Å²) in [5.74, 6) is 0. The highest BCUT2D eigenvalue weighted by atomic mass is 79.9. The Kier molecular flexibility index (Phi) is 1.44. The van der Waals surface area contributed by atoms with Gasteiger partial charge in [-0.15, -0.1) is 0 Å². The van der Waals surface area contributed by atoms with Crippen molar-refractivity contribution in [2.75, 3.05) is 0 Å². The van der Waals surface area contributed by atoms with Crippen molar-refractivity contribution in [2.24, 2.45) is 0 Å². The van der Waals surface area contributed by atoms with E-state index in [-0.39, 0.29) is 0 Å². The largest absolute Gasteiger partial charge is 0.205 e. The Balaban J connectivity index is 3.12. The lowest BCUT2D eigenvalue weighted by Crippen LogP contribution is -1.93. The maximum absolute atomic E-state index is 3.34.